The largest absolute Gasteiger partial charge is 0.325 e. The normalized spacial score (nSPS) is 16.5. The van der Waals surface area contributed by atoms with Crippen LogP contribution in [0.15, 0.2) is 48.5 Å². The van der Waals surface area contributed by atoms with Crippen LogP contribution in [0.4, 0.5) is 10.5 Å². The number of carbonyl (C=O) groups excluding carboxylic acids is 3. The Balaban J connectivity index is 1.63. The molecular formula is C20H21N3O3. The molecular weight excluding hydrogens is 330 g/mol. The van der Waals surface area contributed by atoms with Gasteiger partial charge >= 0.3 is 6.03 Å². The van der Waals surface area contributed by atoms with Crippen molar-refractivity contribution in [2.75, 3.05) is 11.9 Å². The van der Waals surface area contributed by atoms with Gasteiger partial charge in [-0.05, 0) is 31.0 Å². The highest BCUT2D eigenvalue weighted by Gasteiger charge is 2.38. The summed E-state index contributed by atoms with van der Waals surface area (Å²) in [6.07, 6.45) is 0.403. The zero-order valence-electron chi connectivity index (χ0n) is 14.8. The molecule has 1 aliphatic rings. The minimum Gasteiger partial charge on any atom is -0.325 e. The monoisotopic (exact) mass is 351 g/mol. The van der Waals surface area contributed by atoms with Crippen LogP contribution in [0.5, 0.6) is 0 Å². The third-order valence-corrected chi connectivity index (χ3v) is 4.35. The summed E-state index contributed by atoms with van der Waals surface area (Å²) in [6, 6.07) is 13.9. The number of amides is 4. The van der Waals surface area contributed by atoms with E-state index in [1.165, 1.54) is 0 Å². The van der Waals surface area contributed by atoms with Crippen molar-refractivity contribution in [3.05, 3.63) is 65.2 Å². The molecule has 0 radical (unpaired) electrons. The number of urea groups is 1. The lowest BCUT2D eigenvalue weighted by molar-refractivity contribution is -0.130. The Bertz CT molecular complexity index is 849. The zero-order chi connectivity index (χ0) is 18.7. The molecule has 0 unspecified atom stereocenters. The van der Waals surface area contributed by atoms with Gasteiger partial charge in [-0.2, -0.15) is 0 Å². The smallest absolute Gasteiger partial charge is 0.325 e. The minimum absolute atomic E-state index is 0.302. The van der Waals surface area contributed by atoms with Crippen LogP contribution >= 0.6 is 0 Å². The number of nitrogens with one attached hydrogen (secondary N) is 2. The van der Waals surface area contributed by atoms with E-state index in [0.29, 0.717) is 12.1 Å². The van der Waals surface area contributed by atoms with E-state index in [2.05, 4.69) is 10.6 Å². The Morgan fingerprint density at radius 3 is 2.54 bits per heavy atom. The van der Waals surface area contributed by atoms with Gasteiger partial charge in [0.05, 0.1) is 0 Å². The number of rotatable bonds is 5. The van der Waals surface area contributed by atoms with E-state index in [1.54, 1.807) is 0 Å². The molecule has 1 saturated heterocycles. The van der Waals surface area contributed by atoms with Gasteiger partial charge in [0.2, 0.25) is 5.91 Å². The summed E-state index contributed by atoms with van der Waals surface area (Å²) in [4.78, 5) is 37.8. The van der Waals surface area contributed by atoms with E-state index in [-0.39, 0.29) is 12.5 Å². The van der Waals surface area contributed by atoms with Crippen molar-refractivity contribution in [1.29, 1.82) is 0 Å². The molecule has 0 aromatic heterocycles. The van der Waals surface area contributed by atoms with Crippen LogP contribution in [-0.2, 0) is 16.0 Å². The van der Waals surface area contributed by atoms with Crippen molar-refractivity contribution in [3.63, 3.8) is 0 Å². The molecule has 2 aromatic carbocycles. The van der Waals surface area contributed by atoms with E-state index in [0.717, 1.165) is 21.6 Å². The quantitative estimate of drug-likeness (QED) is 0.812. The second-order valence-electron chi connectivity index (χ2n) is 6.48. The van der Waals surface area contributed by atoms with Crippen molar-refractivity contribution in [3.8, 4) is 0 Å². The molecule has 1 fully saturated rings. The Labute approximate surface area is 152 Å². The first-order chi connectivity index (χ1) is 12.4. The third-order valence-electron chi connectivity index (χ3n) is 4.35. The maximum absolute atomic E-state index is 12.5. The number of hydrogen-bond donors (Lipinski definition) is 2. The van der Waals surface area contributed by atoms with Crippen LogP contribution in [0, 0.1) is 13.8 Å². The number of anilines is 1. The lowest BCUT2D eigenvalue weighted by atomic mass is 10.1. The Morgan fingerprint density at radius 2 is 1.85 bits per heavy atom. The lowest BCUT2D eigenvalue weighted by Crippen LogP contribution is -2.38. The topological polar surface area (TPSA) is 78.5 Å². The van der Waals surface area contributed by atoms with Crippen molar-refractivity contribution in [1.82, 2.24) is 10.2 Å². The molecule has 2 N–H and O–H groups in total. The van der Waals surface area contributed by atoms with Crippen LogP contribution in [0.25, 0.3) is 0 Å². The molecule has 0 saturated carbocycles. The molecule has 1 heterocycles. The first-order valence-electron chi connectivity index (χ1n) is 8.47. The number of nitrogens with zero attached hydrogens (tertiary/aromatic N) is 1. The summed E-state index contributed by atoms with van der Waals surface area (Å²) in [6.45, 7) is 3.56. The molecule has 6 heteroatoms. The second-order valence-corrected chi connectivity index (χ2v) is 6.48. The molecule has 3 rings (SSSR count). The van der Waals surface area contributed by atoms with Crippen LogP contribution in [-0.4, -0.2) is 35.3 Å². The van der Waals surface area contributed by atoms with E-state index in [4.69, 9.17) is 0 Å². The molecule has 1 atom stereocenters. The summed E-state index contributed by atoms with van der Waals surface area (Å²) in [5, 5.41) is 5.40. The van der Waals surface area contributed by atoms with Gasteiger partial charge in [0, 0.05) is 12.1 Å². The zero-order valence-corrected chi connectivity index (χ0v) is 14.8. The van der Waals surface area contributed by atoms with Gasteiger partial charge in [0.25, 0.3) is 5.91 Å². The molecule has 1 aliphatic heterocycles. The fraction of sp³-hybridized carbons (Fsp3) is 0.250. The van der Waals surface area contributed by atoms with Gasteiger partial charge < -0.3 is 10.6 Å². The molecule has 6 nitrogen and oxygen atoms in total. The van der Waals surface area contributed by atoms with Gasteiger partial charge in [-0.25, -0.2) is 4.79 Å². The van der Waals surface area contributed by atoms with E-state index in [9.17, 15) is 14.4 Å². The highest BCUT2D eigenvalue weighted by Crippen LogP contribution is 2.17. The SMILES string of the molecule is Cc1ccc(NC(=O)CN2C(=O)N[C@@H](Cc3ccccc3)C2=O)c(C)c1. The van der Waals surface area contributed by atoms with Crippen molar-refractivity contribution in [2.24, 2.45) is 0 Å². The summed E-state index contributed by atoms with van der Waals surface area (Å²) >= 11 is 0. The minimum atomic E-state index is -0.640. The van der Waals surface area contributed by atoms with E-state index < -0.39 is 18.0 Å². The van der Waals surface area contributed by atoms with Gasteiger partial charge in [-0.3, -0.25) is 14.5 Å². The van der Waals surface area contributed by atoms with Crippen molar-refractivity contribution >= 4 is 23.5 Å². The lowest BCUT2D eigenvalue weighted by Gasteiger charge is -2.14. The van der Waals surface area contributed by atoms with Crippen LogP contribution < -0.4 is 10.6 Å². The van der Waals surface area contributed by atoms with E-state index >= 15 is 0 Å². The summed E-state index contributed by atoms with van der Waals surface area (Å²) in [7, 11) is 0. The fourth-order valence-electron chi connectivity index (χ4n) is 3.00. The summed E-state index contributed by atoms with van der Waals surface area (Å²) in [5.74, 6) is -0.782. The summed E-state index contributed by atoms with van der Waals surface area (Å²) < 4.78 is 0. The van der Waals surface area contributed by atoms with Crippen LogP contribution in [0.2, 0.25) is 0 Å². The molecule has 134 valence electrons. The summed E-state index contributed by atoms with van der Waals surface area (Å²) in [5.41, 5.74) is 3.65. The highest BCUT2D eigenvalue weighted by molar-refractivity contribution is 6.08. The van der Waals surface area contributed by atoms with Gasteiger partial charge in [-0.15, -0.1) is 0 Å². The third kappa shape index (κ3) is 3.91. The molecule has 0 spiro atoms. The molecule has 26 heavy (non-hydrogen) atoms. The maximum Gasteiger partial charge on any atom is 0.325 e. The van der Waals surface area contributed by atoms with Crippen LogP contribution in [0.3, 0.4) is 0 Å². The van der Waals surface area contributed by atoms with Gasteiger partial charge in [-0.1, -0.05) is 48.0 Å². The average Bonchev–Trinajstić information content (AvgIpc) is 2.86. The number of benzene rings is 2. The number of carbonyl (C=O) groups is 3. The highest BCUT2D eigenvalue weighted by atomic mass is 16.2. The Morgan fingerprint density at radius 1 is 1.12 bits per heavy atom. The van der Waals surface area contributed by atoms with E-state index in [1.807, 2.05) is 62.4 Å². The molecule has 0 bridgehead atoms. The predicted octanol–water partition coefficient (Wildman–Crippen LogP) is 2.41. The molecule has 4 amide bonds. The van der Waals surface area contributed by atoms with Crippen molar-refractivity contribution < 1.29 is 14.4 Å². The maximum atomic E-state index is 12.5. The van der Waals surface area contributed by atoms with Gasteiger partial charge in [0.15, 0.2) is 0 Å². The predicted molar refractivity (Wildman–Crippen MR) is 98.7 cm³/mol. The van der Waals surface area contributed by atoms with Crippen LogP contribution in [0.1, 0.15) is 16.7 Å². The standard InChI is InChI=1S/C20H21N3O3/c1-13-8-9-16(14(2)10-13)21-18(24)12-23-19(25)17(22-20(23)26)11-15-6-4-3-5-7-15/h3-10,17H,11-12H2,1-2H3,(H,21,24)(H,22,26)/t17-/m0/s1. The Kier molecular flexibility index (Phi) is 5.02. The number of imide groups is 1. The molecule has 0 aliphatic carbocycles. The second kappa shape index (κ2) is 7.39. The first kappa shape index (κ1) is 17.7. The first-order valence-corrected chi connectivity index (χ1v) is 8.47. The average molecular weight is 351 g/mol. The number of hydrogen-bond acceptors (Lipinski definition) is 3. The fourth-order valence-corrected chi connectivity index (χ4v) is 3.00. The molecule has 2 aromatic rings. The van der Waals surface area contributed by atoms with Crippen molar-refractivity contribution in [2.45, 2.75) is 26.3 Å². The number of aryl methyl sites for hydroxylation is 2. The van der Waals surface area contributed by atoms with Gasteiger partial charge in [0.1, 0.15) is 12.6 Å². The Hall–Kier alpha value is -3.15.